The number of para-hydroxylation sites is 4. The van der Waals surface area contributed by atoms with Crippen molar-refractivity contribution in [3.05, 3.63) is 181 Å². The summed E-state index contributed by atoms with van der Waals surface area (Å²) in [5, 5.41) is 0. The predicted molar refractivity (Wildman–Crippen MR) is 184 cm³/mol. The van der Waals surface area contributed by atoms with Crippen LogP contribution in [0, 0.1) is 0 Å². The smallest absolute Gasteiger partial charge is 0.386 e. The van der Waals surface area contributed by atoms with E-state index < -0.39 is 21.7 Å². The van der Waals surface area contributed by atoms with Crippen LogP contribution in [-0.4, -0.2) is 0 Å². The van der Waals surface area contributed by atoms with Crippen LogP contribution in [0.1, 0.15) is 17.2 Å². The summed E-state index contributed by atoms with van der Waals surface area (Å²) in [7, 11) is -8.28. The van der Waals surface area contributed by atoms with Gasteiger partial charge < -0.3 is 32.9 Å². The van der Waals surface area contributed by atoms with Gasteiger partial charge >= 0.3 is 15.6 Å². The van der Waals surface area contributed by atoms with Crippen molar-refractivity contribution in [2.45, 2.75) is 6.04 Å². The summed E-state index contributed by atoms with van der Waals surface area (Å²) in [5.41, 5.74) is 8.10. The quantitative estimate of drug-likeness (QED) is 0.112. The number of hydrogen-bond donors (Lipinski definition) is 1. The van der Waals surface area contributed by atoms with Gasteiger partial charge in [-0.15, -0.1) is 0 Å². The Balaban J connectivity index is 1.15. The minimum atomic E-state index is -4.14. The third-order valence-electron chi connectivity index (χ3n) is 6.75. The number of hydrogen-bond acceptors (Lipinski definition) is 9. The van der Waals surface area contributed by atoms with Crippen LogP contribution in [0.15, 0.2) is 170 Å². The summed E-state index contributed by atoms with van der Waals surface area (Å²) in [6.07, 6.45) is 0. The lowest BCUT2D eigenvalue weighted by Gasteiger charge is -2.20. The molecule has 0 saturated carbocycles. The van der Waals surface area contributed by atoms with E-state index in [1.807, 2.05) is 24.3 Å². The molecule has 0 saturated heterocycles. The van der Waals surface area contributed by atoms with Gasteiger partial charge in [-0.25, -0.2) is 0 Å². The Kier molecular flexibility index (Phi) is 10.1. The number of phosphoric acid groups is 2. The Morgan fingerprint density at radius 1 is 0.333 bits per heavy atom. The van der Waals surface area contributed by atoms with E-state index in [9.17, 15) is 9.13 Å². The maximum Gasteiger partial charge on any atom is 0.647 e. The Bertz CT molecular complexity index is 1740. The molecule has 0 unspecified atom stereocenters. The average molecular weight is 680 g/mol. The summed E-state index contributed by atoms with van der Waals surface area (Å²) in [4.78, 5) is 0. The van der Waals surface area contributed by atoms with E-state index in [1.165, 1.54) is 0 Å². The molecule has 242 valence electrons. The van der Waals surface area contributed by atoms with Crippen LogP contribution in [0.2, 0.25) is 0 Å². The first-order valence-electron chi connectivity index (χ1n) is 14.9. The van der Waals surface area contributed by atoms with Gasteiger partial charge in [-0.3, -0.25) is 0 Å². The monoisotopic (exact) mass is 679 g/mol. The van der Waals surface area contributed by atoms with Crippen LogP contribution in [0.3, 0.4) is 0 Å². The zero-order valence-corrected chi connectivity index (χ0v) is 27.3. The number of benzene rings is 6. The molecule has 0 fully saturated rings. The highest BCUT2D eigenvalue weighted by Crippen LogP contribution is 2.51. The minimum absolute atomic E-state index is 0.262. The Morgan fingerprint density at radius 3 is 0.771 bits per heavy atom. The molecule has 0 bridgehead atoms. The van der Waals surface area contributed by atoms with E-state index in [0.29, 0.717) is 23.0 Å². The molecule has 2 N–H and O–H groups in total. The fourth-order valence-electron chi connectivity index (χ4n) is 4.48. The van der Waals surface area contributed by atoms with Crippen molar-refractivity contribution in [2.75, 3.05) is 0 Å². The number of nitrogens with two attached hydrogens (primary N) is 1. The van der Waals surface area contributed by atoms with Crippen molar-refractivity contribution < 1.29 is 36.3 Å². The van der Waals surface area contributed by atoms with E-state index in [2.05, 4.69) is 0 Å². The van der Waals surface area contributed by atoms with Gasteiger partial charge in [0.1, 0.15) is 34.5 Å². The first kappa shape index (κ1) is 32.5. The number of rotatable bonds is 14. The van der Waals surface area contributed by atoms with E-state index >= 15 is 0 Å². The topological polar surface area (TPSA) is 116 Å². The van der Waals surface area contributed by atoms with Crippen molar-refractivity contribution in [3.8, 4) is 34.5 Å². The van der Waals surface area contributed by atoms with Crippen LogP contribution in [-0.2, 0) is 9.13 Å². The Hall–Kier alpha value is -5.46. The molecule has 0 atom stereocenters. The van der Waals surface area contributed by atoms with Crippen molar-refractivity contribution >= 4 is 15.6 Å². The molecule has 0 aliphatic rings. The van der Waals surface area contributed by atoms with Crippen molar-refractivity contribution in [2.24, 2.45) is 5.73 Å². The molecule has 6 aromatic rings. The minimum Gasteiger partial charge on any atom is -0.386 e. The first-order valence-corrected chi connectivity index (χ1v) is 17.8. The van der Waals surface area contributed by atoms with Gasteiger partial charge in [0.25, 0.3) is 0 Å². The van der Waals surface area contributed by atoms with Crippen LogP contribution in [0.4, 0.5) is 0 Å². The molecule has 6 aromatic carbocycles. The first-order chi connectivity index (χ1) is 23.3. The van der Waals surface area contributed by atoms with Gasteiger partial charge in [0.2, 0.25) is 0 Å². The average Bonchev–Trinajstić information content (AvgIpc) is 3.10. The van der Waals surface area contributed by atoms with Crippen LogP contribution in [0.25, 0.3) is 0 Å². The maximum absolute atomic E-state index is 13.8. The molecule has 11 heteroatoms. The van der Waals surface area contributed by atoms with Crippen LogP contribution < -0.4 is 32.9 Å². The van der Waals surface area contributed by atoms with Gasteiger partial charge in [-0.05, 0) is 83.9 Å². The third-order valence-corrected chi connectivity index (χ3v) is 9.36. The summed E-state index contributed by atoms with van der Waals surface area (Å²) in [6.45, 7) is 0. The van der Waals surface area contributed by atoms with Crippen molar-refractivity contribution in [3.63, 3.8) is 0 Å². The molecule has 0 aromatic heterocycles. The van der Waals surface area contributed by atoms with Crippen LogP contribution >= 0.6 is 15.6 Å². The summed E-state index contributed by atoms with van der Waals surface area (Å²) < 4.78 is 61.9. The molecule has 0 aliphatic heterocycles. The SMILES string of the molecule is NC(c1ccc(OP(=O)(Oc2ccccc2)Oc2ccccc2)cc1)c1ccc(OP(=O)(Oc2ccccc2)Oc2ccccc2)cc1. The van der Waals surface area contributed by atoms with Crippen LogP contribution in [0.5, 0.6) is 34.5 Å². The standard InChI is InChI=1S/C37H31NO8P2/c38-37(29-21-25-35(26-22-29)45-47(39,41-31-13-5-1-6-14-31)42-32-15-7-2-8-16-32)30-23-27-36(28-24-30)46-48(40,43-33-17-9-3-10-18-33)44-34-19-11-4-12-20-34/h1-28,37H,38H2. The fourth-order valence-corrected chi connectivity index (χ4v) is 6.98. The molecule has 9 nitrogen and oxygen atoms in total. The number of phosphoric ester groups is 2. The van der Waals surface area contributed by atoms with Crippen molar-refractivity contribution in [1.82, 2.24) is 0 Å². The molecule has 6 rings (SSSR count). The van der Waals surface area contributed by atoms with Gasteiger partial charge in [0, 0.05) is 0 Å². The summed E-state index contributed by atoms with van der Waals surface area (Å²) in [6, 6.07) is 47.7. The zero-order valence-electron chi connectivity index (χ0n) is 25.5. The van der Waals surface area contributed by atoms with E-state index in [0.717, 1.165) is 11.1 Å². The van der Waals surface area contributed by atoms with Gasteiger partial charge in [0.15, 0.2) is 0 Å². The molecular formula is C37H31NO8P2. The molecule has 0 aliphatic carbocycles. The Labute approximate surface area is 278 Å². The predicted octanol–water partition coefficient (Wildman–Crippen LogP) is 10.0. The highest BCUT2D eigenvalue weighted by Gasteiger charge is 2.34. The molecule has 0 radical (unpaired) electrons. The van der Waals surface area contributed by atoms with E-state index in [4.69, 9.17) is 32.9 Å². The highest BCUT2D eigenvalue weighted by atomic mass is 31.2. The largest absolute Gasteiger partial charge is 0.647 e. The molecular weight excluding hydrogens is 648 g/mol. The third kappa shape index (κ3) is 8.87. The van der Waals surface area contributed by atoms with Gasteiger partial charge in [0.05, 0.1) is 6.04 Å². The second-order valence-electron chi connectivity index (χ2n) is 10.3. The normalized spacial score (nSPS) is 11.4. The molecule has 0 amide bonds. The van der Waals surface area contributed by atoms with E-state index in [-0.39, 0.29) is 11.5 Å². The van der Waals surface area contributed by atoms with Gasteiger partial charge in [-0.2, -0.15) is 9.13 Å². The second kappa shape index (κ2) is 15.0. The Morgan fingerprint density at radius 2 is 0.542 bits per heavy atom. The lowest BCUT2D eigenvalue weighted by atomic mass is 9.99. The second-order valence-corrected chi connectivity index (χ2v) is 13.2. The summed E-state index contributed by atoms with van der Waals surface area (Å²) in [5.74, 6) is 1.85. The molecule has 48 heavy (non-hydrogen) atoms. The van der Waals surface area contributed by atoms with Gasteiger partial charge in [-0.1, -0.05) is 97.1 Å². The lowest BCUT2D eigenvalue weighted by Crippen LogP contribution is -2.12. The van der Waals surface area contributed by atoms with E-state index in [1.54, 1.807) is 146 Å². The molecule has 0 heterocycles. The lowest BCUT2D eigenvalue weighted by molar-refractivity contribution is 0.296. The fraction of sp³-hybridized carbons (Fsp3) is 0.0270. The molecule has 0 spiro atoms. The van der Waals surface area contributed by atoms with Crippen molar-refractivity contribution in [1.29, 1.82) is 0 Å². The zero-order chi connectivity index (χ0) is 33.2. The highest BCUT2D eigenvalue weighted by molar-refractivity contribution is 7.50. The summed E-state index contributed by atoms with van der Waals surface area (Å²) >= 11 is 0. The maximum atomic E-state index is 13.8.